The normalized spacial score (nSPS) is 4.50. The van der Waals surface area contributed by atoms with Crippen molar-refractivity contribution in [1.29, 1.82) is 0 Å². The van der Waals surface area contributed by atoms with Gasteiger partial charge < -0.3 is 38.3 Å². The molecule has 102 valence electrons. The van der Waals surface area contributed by atoms with Gasteiger partial charge in [-0.2, -0.15) is 8.42 Å². The maximum absolute atomic E-state index is 8.74. The van der Waals surface area contributed by atoms with Crippen molar-refractivity contribution in [2.45, 2.75) is 0 Å². The standard InChI is InChI=1S/Fe.H2O4S.7H2O.O/c;1-5(2,3)4;;;;;;;;/h;(H2,1,2,3,4);7*1H2;. The summed E-state index contributed by atoms with van der Waals surface area (Å²) in [5.74, 6) is 0. The van der Waals surface area contributed by atoms with Crippen LogP contribution in [0.2, 0.25) is 0 Å². The van der Waals surface area contributed by atoms with Crippen LogP contribution in [-0.2, 0) is 30.2 Å². The first-order chi connectivity index (χ1) is 3.00. The fourth-order valence-electron chi connectivity index (χ4n) is 0. The molecule has 0 saturated heterocycles. The Balaban J connectivity index is -0.00000000377. The van der Waals surface area contributed by atoms with Crippen LogP contribution < -0.4 is 0 Å². The summed E-state index contributed by atoms with van der Waals surface area (Å²) in [4.78, 5) is 0. The Bertz CT molecular complexity index is 104. The van der Waals surface area contributed by atoms with E-state index in [0.29, 0.717) is 0 Å². The Morgan fingerprint density at radius 3 is 0.643 bits per heavy atom. The van der Waals surface area contributed by atoms with Gasteiger partial charge in [0, 0.05) is 0 Å². The molecule has 0 aliphatic rings. The summed E-state index contributed by atoms with van der Waals surface area (Å²) in [7, 11) is -4.67. The molecule has 0 aromatic carbocycles. The Labute approximate surface area is 86.7 Å². The molecule has 12 nitrogen and oxygen atoms in total. The van der Waals surface area contributed by atoms with E-state index in [4.69, 9.17) is 21.4 Å². The molecule has 0 amide bonds. The van der Waals surface area contributed by atoms with Gasteiger partial charge in [-0.15, -0.1) is 0 Å². The second-order valence-electron chi connectivity index (χ2n) is 0.448. The van der Waals surface area contributed by atoms with Crippen molar-refractivity contribution in [3.8, 4) is 0 Å². The van der Waals surface area contributed by atoms with Crippen LogP contribution in [0.15, 0.2) is 0 Å². The van der Waals surface area contributed by atoms with Crippen molar-refractivity contribution in [3.63, 3.8) is 0 Å². The molecule has 0 heterocycles. The molecule has 0 aromatic rings. The molecular weight excluding hydrogens is 280 g/mol. The summed E-state index contributed by atoms with van der Waals surface area (Å²) in [5.41, 5.74) is 0. The Kier molecular flexibility index (Phi) is 360. The van der Waals surface area contributed by atoms with Crippen LogP contribution in [0.5, 0.6) is 0 Å². The van der Waals surface area contributed by atoms with Crippen molar-refractivity contribution >= 4 is 10.4 Å². The second kappa shape index (κ2) is 52.4. The fraction of sp³-hybridized carbons (Fsp3) is 0. The van der Waals surface area contributed by atoms with Gasteiger partial charge in [-0.25, -0.2) is 0 Å². The van der Waals surface area contributed by atoms with Crippen LogP contribution in [0, 0.1) is 0 Å². The maximum atomic E-state index is 8.74. The van der Waals surface area contributed by atoms with E-state index in [1.807, 2.05) is 15.9 Å². The zero-order valence-corrected chi connectivity index (χ0v) is 8.30. The van der Waals surface area contributed by atoms with Gasteiger partial charge in [0.2, 0.25) is 0 Å². The monoisotopic (exact) mass is 296 g/mol. The fourth-order valence-corrected chi connectivity index (χ4v) is 0. The third kappa shape index (κ3) is 173000. The zero-order valence-electron chi connectivity index (χ0n) is 6.38. The third-order valence-corrected chi connectivity index (χ3v) is 0. The van der Waals surface area contributed by atoms with Crippen molar-refractivity contribution in [2.75, 3.05) is 0 Å². The van der Waals surface area contributed by atoms with Crippen LogP contribution in [0.4, 0.5) is 0 Å². The van der Waals surface area contributed by atoms with Crippen LogP contribution in [-0.4, -0.2) is 55.9 Å². The molecule has 0 atom stereocenters. The average molecular weight is 296 g/mol. The molecular formula is H16FeO12S. The van der Waals surface area contributed by atoms with Crippen molar-refractivity contribution < 1.29 is 75.6 Å². The van der Waals surface area contributed by atoms with Gasteiger partial charge in [0.05, 0.1) is 0 Å². The molecule has 0 radical (unpaired) electrons. The first kappa shape index (κ1) is 96.2. The van der Waals surface area contributed by atoms with Gasteiger partial charge in [-0.1, -0.05) is 0 Å². The molecule has 0 unspecified atom stereocenters. The Morgan fingerprint density at radius 2 is 0.643 bits per heavy atom. The molecule has 14 heteroatoms. The summed E-state index contributed by atoms with van der Waals surface area (Å²) in [6.07, 6.45) is 0. The molecule has 0 fully saturated rings. The SMILES string of the molecule is O.O.O.O.O.O.O.O=S(=O)(O)O.[O]=[Fe]. The van der Waals surface area contributed by atoms with Gasteiger partial charge in [0.15, 0.2) is 0 Å². The van der Waals surface area contributed by atoms with Gasteiger partial charge in [0.25, 0.3) is 0 Å². The molecule has 0 aliphatic carbocycles. The van der Waals surface area contributed by atoms with E-state index in [2.05, 4.69) is 0 Å². The van der Waals surface area contributed by atoms with E-state index < -0.39 is 10.4 Å². The molecule has 14 heavy (non-hydrogen) atoms. The third-order valence-electron chi connectivity index (χ3n) is 0. The van der Waals surface area contributed by atoms with Gasteiger partial charge in [0.1, 0.15) is 0 Å². The minimum atomic E-state index is -4.67. The van der Waals surface area contributed by atoms with E-state index in [9.17, 15) is 0 Å². The van der Waals surface area contributed by atoms with Crippen LogP contribution >= 0.6 is 0 Å². The number of hydrogen-bond donors (Lipinski definition) is 2. The molecule has 0 spiro atoms. The predicted octanol–water partition coefficient (Wildman–Crippen LogP) is -6.55. The van der Waals surface area contributed by atoms with Gasteiger partial charge >= 0.3 is 30.2 Å². The Morgan fingerprint density at radius 1 is 0.643 bits per heavy atom. The summed E-state index contributed by atoms with van der Waals surface area (Å²) >= 11 is 2.00. The van der Waals surface area contributed by atoms with Crippen LogP contribution in [0.3, 0.4) is 0 Å². The number of hydrogen-bond acceptors (Lipinski definition) is 3. The van der Waals surface area contributed by atoms with E-state index in [-0.39, 0.29) is 38.3 Å². The zero-order chi connectivity index (χ0) is 6.50. The summed E-state index contributed by atoms with van der Waals surface area (Å²) < 4.78 is 39.6. The second-order valence-corrected chi connectivity index (χ2v) is 1.34. The van der Waals surface area contributed by atoms with E-state index >= 15 is 0 Å². The minimum absolute atomic E-state index is 0. The van der Waals surface area contributed by atoms with Crippen LogP contribution in [0.1, 0.15) is 0 Å². The summed E-state index contributed by atoms with van der Waals surface area (Å²) in [6, 6.07) is 0. The quantitative estimate of drug-likeness (QED) is 0.324. The first-order valence-electron chi connectivity index (χ1n) is 0.843. The van der Waals surface area contributed by atoms with Crippen molar-refractivity contribution in [2.24, 2.45) is 0 Å². The van der Waals surface area contributed by atoms with E-state index in [1.54, 1.807) is 0 Å². The number of rotatable bonds is 0. The summed E-state index contributed by atoms with van der Waals surface area (Å²) in [6.45, 7) is 0. The van der Waals surface area contributed by atoms with Crippen molar-refractivity contribution in [1.82, 2.24) is 0 Å². The molecule has 0 saturated carbocycles. The van der Waals surface area contributed by atoms with Crippen LogP contribution in [0.25, 0.3) is 0 Å². The topological polar surface area (TPSA) is 312 Å². The average Bonchev–Trinajstić information content (AvgIpc) is 1.36. The van der Waals surface area contributed by atoms with E-state index in [0.717, 1.165) is 0 Å². The van der Waals surface area contributed by atoms with Gasteiger partial charge in [-0.05, 0) is 0 Å². The molecule has 0 bridgehead atoms. The molecule has 16 N–H and O–H groups in total. The summed E-state index contributed by atoms with van der Waals surface area (Å²) in [5, 5.41) is 0. The van der Waals surface area contributed by atoms with Gasteiger partial charge in [-0.3, -0.25) is 9.11 Å². The first-order valence-corrected chi connectivity index (χ1v) is 2.69. The predicted molar refractivity (Wildman–Crippen MR) is 40.2 cm³/mol. The Hall–Kier alpha value is -0.0905. The molecule has 0 aromatic heterocycles. The molecule has 0 aliphatic heterocycles. The van der Waals surface area contributed by atoms with Crippen molar-refractivity contribution in [3.05, 3.63) is 0 Å². The molecule has 0 rings (SSSR count). The van der Waals surface area contributed by atoms with E-state index in [1.165, 1.54) is 0 Å².